The van der Waals surface area contributed by atoms with Crippen molar-refractivity contribution in [1.82, 2.24) is 0 Å². The third-order valence-corrected chi connectivity index (χ3v) is 3.84. The molecule has 0 aliphatic carbocycles. The maximum Gasteiger partial charge on any atom is 0.338 e. The van der Waals surface area contributed by atoms with Crippen LogP contribution < -0.4 is 5.32 Å². The Morgan fingerprint density at radius 1 is 1.41 bits per heavy atom. The van der Waals surface area contributed by atoms with Crippen LogP contribution in [0.25, 0.3) is 0 Å². The molecule has 0 unspecified atom stereocenters. The van der Waals surface area contributed by atoms with E-state index < -0.39 is 11.8 Å². The Bertz CT molecular complexity index is 419. The minimum absolute atomic E-state index is 0.278. The number of thioether (sulfide) groups is 1. The van der Waals surface area contributed by atoms with Crippen molar-refractivity contribution in [2.24, 2.45) is 0 Å². The highest BCUT2D eigenvalue weighted by Crippen LogP contribution is 2.22. The predicted molar refractivity (Wildman–Crippen MR) is 67.3 cm³/mol. The first-order valence-corrected chi connectivity index (χ1v) is 6.69. The molecule has 2 N–H and O–H groups in total. The van der Waals surface area contributed by atoms with Gasteiger partial charge in [-0.15, -0.1) is 0 Å². The number of hydrogen-bond donors (Lipinski definition) is 2. The van der Waals surface area contributed by atoms with E-state index in [1.54, 1.807) is 6.07 Å². The number of nitrogens with one attached hydrogen (secondary N) is 1. The van der Waals surface area contributed by atoms with Crippen LogP contribution in [0.15, 0.2) is 18.2 Å². The molecule has 2 rings (SSSR count). The third kappa shape index (κ3) is 3.12. The summed E-state index contributed by atoms with van der Waals surface area (Å²) in [5, 5.41) is 12.1. The van der Waals surface area contributed by atoms with E-state index in [4.69, 9.17) is 5.11 Å². The van der Waals surface area contributed by atoms with Gasteiger partial charge in [-0.1, -0.05) is 0 Å². The number of rotatable bonds is 3. The predicted octanol–water partition coefficient (Wildman–Crippen LogP) is 2.83. The zero-order valence-electron chi connectivity index (χ0n) is 9.28. The Kier molecular flexibility index (Phi) is 3.89. The van der Waals surface area contributed by atoms with Gasteiger partial charge < -0.3 is 10.4 Å². The van der Waals surface area contributed by atoms with Crippen molar-refractivity contribution in [3.63, 3.8) is 0 Å². The molecule has 0 saturated carbocycles. The third-order valence-electron chi connectivity index (χ3n) is 2.79. The van der Waals surface area contributed by atoms with Gasteiger partial charge in [0.1, 0.15) is 5.82 Å². The molecule has 0 spiro atoms. The van der Waals surface area contributed by atoms with Gasteiger partial charge in [-0.25, -0.2) is 9.18 Å². The number of aromatic carboxylic acids is 1. The number of carboxylic acids is 1. The van der Waals surface area contributed by atoms with E-state index in [0.29, 0.717) is 11.7 Å². The van der Waals surface area contributed by atoms with Gasteiger partial charge in [-0.05, 0) is 42.5 Å². The van der Waals surface area contributed by atoms with Crippen LogP contribution in [0.1, 0.15) is 23.2 Å². The molecule has 1 heterocycles. The SMILES string of the molecule is O=C(O)c1cc(NC2CCSCC2)ccc1F. The van der Waals surface area contributed by atoms with Gasteiger partial charge in [0.2, 0.25) is 0 Å². The van der Waals surface area contributed by atoms with E-state index in [2.05, 4.69) is 5.32 Å². The minimum Gasteiger partial charge on any atom is -0.478 e. The van der Waals surface area contributed by atoms with Crippen LogP contribution in [-0.4, -0.2) is 28.6 Å². The van der Waals surface area contributed by atoms with Crippen LogP contribution in [-0.2, 0) is 0 Å². The zero-order valence-corrected chi connectivity index (χ0v) is 10.1. The molecule has 0 amide bonds. The maximum absolute atomic E-state index is 13.2. The van der Waals surface area contributed by atoms with E-state index in [1.807, 2.05) is 11.8 Å². The Balaban J connectivity index is 2.10. The molecule has 0 radical (unpaired) electrons. The quantitative estimate of drug-likeness (QED) is 0.872. The average molecular weight is 255 g/mol. The Morgan fingerprint density at radius 2 is 2.12 bits per heavy atom. The lowest BCUT2D eigenvalue weighted by molar-refractivity contribution is 0.0692. The van der Waals surface area contributed by atoms with Crippen molar-refractivity contribution >= 4 is 23.4 Å². The Hall–Kier alpha value is -1.23. The van der Waals surface area contributed by atoms with Crippen molar-refractivity contribution < 1.29 is 14.3 Å². The van der Waals surface area contributed by atoms with Crippen molar-refractivity contribution in [1.29, 1.82) is 0 Å². The molecule has 92 valence electrons. The number of carboxylic acid groups (broad SMARTS) is 1. The maximum atomic E-state index is 13.2. The van der Waals surface area contributed by atoms with Crippen LogP contribution in [0.3, 0.4) is 0 Å². The first kappa shape index (κ1) is 12.2. The second-order valence-corrected chi connectivity index (χ2v) is 5.26. The molecule has 3 nitrogen and oxygen atoms in total. The summed E-state index contributed by atoms with van der Waals surface area (Å²) in [6.07, 6.45) is 2.12. The molecule has 0 bridgehead atoms. The lowest BCUT2D eigenvalue weighted by atomic mass is 10.1. The smallest absolute Gasteiger partial charge is 0.338 e. The van der Waals surface area contributed by atoms with Crippen molar-refractivity contribution in [3.05, 3.63) is 29.6 Å². The zero-order chi connectivity index (χ0) is 12.3. The normalized spacial score (nSPS) is 16.8. The Labute approximate surface area is 103 Å². The number of carbonyl (C=O) groups is 1. The van der Waals surface area contributed by atoms with E-state index in [-0.39, 0.29) is 5.56 Å². The molecule has 1 saturated heterocycles. The van der Waals surface area contributed by atoms with Gasteiger partial charge in [0, 0.05) is 11.7 Å². The summed E-state index contributed by atoms with van der Waals surface area (Å²) in [4.78, 5) is 10.8. The molecule has 1 aliphatic rings. The monoisotopic (exact) mass is 255 g/mol. The molecule has 1 aliphatic heterocycles. The first-order chi connectivity index (χ1) is 8.16. The van der Waals surface area contributed by atoms with Crippen molar-refractivity contribution in [2.75, 3.05) is 16.8 Å². The van der Waals surface area contributed by atoms with Crippen molar-refractivity contribution in [3.8, 4) is 0 Å². The minimum atomic E-state index is -1.23. The van der Waals surface area contributed by atoms with Gasteiger partial charge in [0.25, 0.3) is 0 Å². The second-order valence-electron chi connectivity index (χ2n) is 4.03. The van der Waals surface area contributed by atoms with Crippen molar-refractivity contribution in [2.45, 2.75) is 18.9 Å². The van der Waals surface area contributed by atoms with Crippen LogP contribution in [0.5, 0.6) is 0 Å². The summed E-state index contributed by atoms with van der Waals surface area (Å²) in [6, 6.07) is 4.51. The van der Waals surface area contributed by atoms with E-state index >= 15 is 0 Å². The summed E-state index contributed by atoms with van der Waals surface area (Å²) in [6.45, 7) is 0. The number of benzene rings is 1. The number of halogens is 1. The largest absolute Gasteiger partial charge is 0.478 e. The number of hydrogen-bond acceptors (Lipinski definition) is 3. The molecule has 17 heavy (non-hydrogen) atoms. The van der Waals surface area contributed by atoms with Gasteiger partial charge in [0.15, 0.2) is 0 Å². The topological polar surface area (TPSA) is 49.3 Å². The molecule has 1 aromatic rings. The first-order valence-electron chi connectivity index (χ1n) is 5.54. The highest BCUT2D eigenvalue weighted by Gasteiger charge is 2.15. The molecule has 0 atom stereocenters. The molecule has 0 aromatic heterocycles. The van der Waals surface area contributed by atoms with Gasteiger partial charge in [-0.3, -0.25) is 0 Å². The highest BCUT2D eigenvalue weighted by atomic mass is 32.2. The second kappa shape index (κ2) is 5.40. The molecule has 5 heteroatoms. The van der Waals surface area contributed by atoms with E-state index in [1.165, 1.54) is 12.1 Å². The van der Waals surface area contributed by atoms with Crippen LogP contribution in [0.2, 0.25) is 0 Å². The summed E-state index contributed by atoms with van der Waals surface area (Å²) in [7, 11) is 0. The molecular weight excluding hydrogens is 241 g/mol. The van der Waals surface area contributed by atoms with Crippen LogP contribution in [0.4, 0.5) is 10.1 Å². The van der Waals surface area contributed by atoms with E-state index in [9.17, 15) is 9.18 Å². The van der Waals surface area contributed by atoms with Gasteiger partial charge in [0.05, 0.1) is 5.56 Å². The summed E-state index contributed by atoms with van der Waals surface area (Å²) in [5.74, 6) is 0.308. The fourth-order valence-electron chi connectivity index (χ4n) is 1.86. The fourth-order valence-corrected chi connectivity index (χ4v) is 2.96. The summed E-state index contributed by atoms with van der Waals surface area (Å²) >= 11 is 1.93. The highest BCUT2D eigenvalue weighted by molar-refractivity contribution is 7.99. The average Bonchev–Trinajstić information content (AvgIpc) is 2.32. The summed E-state index contributed by atoms with van der Waals surface area (Å²) in [5.41, 5.74) is 0.404. The standard InChI is InChI=1S/C12H14FNO2S/c13-11-2-1-9(7-10(11)12(15)16)14-8-3-5-17-6-4-8/h1-2,7-8,14H,3-6H2,(H,15,16). The van der Waals surface area contributed by atoms with Gasteiger partial charge >= 0.3 is 5.97 Å². The fraction of sp³-hybridized carbons (Fsp3) is 0.417. The van der Waals surface area contributed by atoms with Gasteiger partial charge in [-0.2, -0.15) is 11.8 Å². The Morgan fingerprint density at radius 3 is 2.76 bits per heavy atom. The molecular formula is C12H14FNO2S. The van der Waals surface area contributed by atoms with Crippen LogP contribution >= 0.6 is 11.8 Å². The summed E-state index contributed by atoms with van der Waals surface area (Å²) < 4.78 is 13.2. The number of anilines is 1. The lowest BCUT2D eigenvalue weighted by Gasteiger charge is -2.23. The molecule has 1 fully saturated rings. The lowest BCUT2D eigenvalue weighted by Crippen LogP contribution is -2.24. The molecule has 1 aromatic carbocycles. The van der Waals surface area contributed by atoms with E-state index in [0.717, 1.165) is 24.3 Å². The van der Waals surface area contributed by atoms with Crippen LogP contribution in [0, 0.1) is 5.82 Å².